The van der Waals surface area contributed by atoms with Gasteiger partial charge in [-0.3, -0.25) is 4.79 Å². The minimum absolute atomic E-state index is 0.151. The van der Waals surface area contributed by atoms with Gasteiger partial charge in [0.1, 0.15) is 0 Å². The van der Waals surface area contributed by atoms with Crippen molar-refractivity contribution in [1.82, 2.24) is 4.90 Å². The topological polar surface area (TPSA) is 70.0 Å². The molecule has 1 atom stereocenters. The highest BCUT2D eigenvalue weighted by Gasteiger charge is 2.42. The number of carbonyl (C=O) groups excluding carboxylic acids is 1. The Morgan fingerprint density at radius 3 is 2.50 bits per heavy atom. The highest BCUT2D eigenvalue weighted by atomic mass is 35.5. The van der Waals surface area contributed by atoms with Crippen LogP contribution in [-0.4, -0.2) is 60.0 Å². The Hall–Kier alpha value is -1.14. The molecule has 1 aromatic carbocycles. The van der Waals surface area contributed by atoms with Crippen molar-refractivity contribution in [2.24, 2.45) is 5.41 Å². The molecule has 1 aromatic rings. The van der Waals surface area contributed by atoms with E-state index in [2.05, 4.69) is 4.90 Å². The van der Waals surface area contributed by atoms with Crippen molar-refractivity contribution in [3.05, 3.63) is 34.9 Å². The number of β-amino-alcohol motifs (C(OH)–C–C–N with tert-alkyl or cyclic N) is 1. The molecule has 24 heavy (non-hydrogen) atoms. The van der Waals surface area contributed by atoms with E-state index >= 15 is 0 Å². The van der Waals surface area contributed by atoms with Gasteiger partial charge < -0.3 is 19.8 Å². The van der Waals surface area contributed by atoms with Gasteiger partial charge in [-0.2, -0.15) is 0 Å². The van der Waals surface area contributed by atoms with Crippen molar-refractivity contribution in [3.63, 3.8) is 0 Å². The fourth-order valence-electron chi connectivity index (χ4n) is 3.25. The number of carbonyl (C=O) groups is 1. The molecule has 0 unspecified atom stereocenters. The van der Waals surface area contributed by atoms with Gasteiger partial charge in [0.05, 0.1) is 24.7 Å². The molecule has 2 rings (SSSR count). The molecule has 0 bridgehead atoms. The first-order valence-electron chi connectivity index (χ1n) is 8.42. The molecule has 0 amide bonds. The maximum Gasteiger partial charge on any atom is 0.312 e. The van der Waals surface area contributed by atoms with Gasteiger partial charge in [0.15, 0.2) is 0 Å². The summed E-state index contributed by atoms with van der Waals surface area (Å²) in [4.78, 5) is 14.7. The lowest BCUT2D eigenvalue weighted by atomic mass is 9.73. The van der Waals surface area contributed by atoms with E-state index in [1.54, 1.807) is 0 Å². The zero-order valence-corrected chi connectivity index (χ0v) is 14.8. The molecule has 0 aromatic heterocycles. The molecule has 0 saturated carbocycles. The van der Waals surface area contributed by atoms with E-state index < -0.39 is 11.5 Å². The van der Waals surface area contributed by atoms with Gasteiger partial charge in [-0.15, -0.1) is 0 Å². The van der Waals surface area contributed by atoms with E-state index in [1.807, 2.05) is 31.2 Å². The number of ether oxygens (including phenoxy) is 1. The highest BCUT2D eigenvalue weighted by Crippen LogP contribution is 2.37. The summed E-state index contributed by atoms with van der Waals surface area (Å²) in [6.45, 7) is 3.77. The molecule has 0 aliphatic carbocycles. The van der Waals surface area contributed by atoms with Crippen LogP contribution in [0.1, 0.15) is 25.3 Å². The van der Waals surface area contributed by atoms with Crippen LogP contribution < -0.4 is 0 Å². The van der Waals surface area contributed by atoms with Gasteiger partial charge in [-0.25, -0.2) is 0 Å². The van der Waals surface area contributed by atoms with Crippen molar-refractivity contribution < 1.29 is 19.7 Å². The third kappa shape index (κ3) is 4.93. The van der Waals surface area contributed by atoms with E-state index in [0.717, 1.165) is 5.56 Å². The predicted molar refractivity (Wildman–Crippen MR) is 93.0 cm³/mol. The number of piperidine rings is 1. The van der Waals surface area contributed by atoms with E-state index in [4.69, 9.17) is 21.4 Å². The Labute approximate surface area is 148 Å². The van der Waals surface area contributed by atoms with E-state index in [9.17, 15) is 9.90 Å². The maximum absolute atomic E-state index is 12.6. The van der Waals surface area contributed by atoms with Crippen LogP contribution in [0.3, 0.4) is 0 Å². The first kappa shape index (κ1) is 19.2. The zero-order valence-electron chi connectivity index (χ0n) is 14.1. The first-order valence-corrected chi connectivity index (χ1v) is 8.80. The quantitative estimate of drug-likeness (QED) is 0.731. The minimum atomic E-state index is -0.739. The summed E-state index contributed by atoms with van der Waals surface area (Å²) in [6, 6.07) is 7.57. The number of esters is 1. The van der Waals surface area contributed by atoms with Gasteiger partial charge in [-0.1, -0.05) is 23.7 Å². The number of benzene rings is 1. The van der Waals surface area contributed by atoms with Crippen molar-refractivity contribution in [3.8, 4) is 0 Å². The van der Waals surface area contributed by atoms with Crippen LogP contribution in [-0.2, 0) is 16.0 Å². The monoisotopic (exact) mass is 355 g/mol. The average molecular weight is 356 g/mol. The molecule has 6 heteroatoms. The second-order valence-electron chi connectivity index (χ2n) is 6.44. The molecule has 1 aliphatic rings. The molecule has 1 heterocycles. The van der Waals surface area contributed by atoms with Crippen molar-refractivity contribution in [2.75, 3.05) is 32.8 Å². The minimum Gasteiger partial charge on any atom is -0.466 e. The lowest BCUT2D eigenvalue weighted by Gasteiger charge is -2.40. The van der Waals surface area contributed by atoms with E-state index in [1.165, 1.54) is 0 Å². The van der Waals surface area contributed by atoms with Crippen LogP contribution >= 0.6 is 11.6 Å². The molecule has 2 N–H and O–H groups in total. The molecule has 1 saturated heterocycles. The molecule has 1 aliphatic heterocycles. The number of halogens is 1. The summed E-state index contributed by atoms with van der Waals surface area (Å²) in [7, 11) is 0. The molecule has 0 spiro atoms. The summed E-state index contributed by atoms with van der Waals surface area (Å²) in [5.74, 6) is -0.151. The fourth-order valence-corrected chi connectivity index (χ4v) is 3.38. The van der Waals surface area contributed by atoms with Gasteiger partial charge >= 0.3 is 5.97 Å². The Bertz CT molecular complexity index is 526. The summed E-state index contributed by atoms with van der Waals surface area (Å²) in [6.07, 6.45) is 1.23. The van der Waals surface area contributed by atoms with Crippen molar-refractivity contribution in [2.45, 2.75) is 32.3 Å². The van der Waals surface area contributed by atoms with Crippen LogP contribution in [0, 0.1) is 5.41 Å². The maximum atomic E-state index is 12.6. The fraction of sp³-hybridized carbons (Fsp3) is 0.611. The number of nitrogens with zero attached hydrogens (tertiary/aromatic N) is 1. The third-order valence-electron chi connectivity index (χ3n) is 4.66. The van der Waals surface area contributed by atoms with Crippen LogP contribution in [0.2, 0.25) is 5.02 Å². The predicted octanol–water partition coefficient (Wildman–Crippen LogP) is 1.88. The molecule has 0 radical (unpaired) electrons. The van der Waals surface area contributed by atoms with Gasteiger partial charge in [0.25, 0.3) is 0 Å². The van der Waals surface area contributed by atoms with Crippen LogP contribution in [0.15, 0.2) is 24.3 Å². The molecule has 5 nitrogen and oxygen atoms in total. The Kier molecular flexibility index (Phi) is 7.04. The Morgan fingerprint density at radius 2 is 1.96 bits per heavy atom. The van der Waals surface area contributed by atoms with Gasteiger partial charge in [0.2, 0.25) is 0 Å². The lowest BCUT2D eigenvalue weighted by Crippen LogP contribution is -2.48. The van der Waals surface area contributed by atoms with Crippen LogP contribution in [0.25, 0.3) is 0 Å². The number of aliphatic hydroxyl groups is 2. The van der Waals surface area contributed by atoms with Crippen molar-refractivity contribution in [1.29, 1.82) is 0 Å². The molecular formula is C18H26ClNO4. The smallest absolute Gasteiger partial charge is 0.312 e. The molecular weight excluding hydrogens is 330 g/mol. The Balaban J connectivity index is 2.08. The van der Waals surface area contributed by atoms with E-state index in [0.29, 0.717) is 50.5 Å². The zero-order chi connectivity index (χ0) is 17.6. The van der Waals surface area contributed by atoms with Crippen molar-refractivity contribution >= 4 is 17.6 Å². The normalized spacial score (nSPS) is 19.0. The summed E-state index contributed by atoms with van der Waals surface area (Å²) >= 11 is 5.94. The number of hydrogen-bond acceptors (Lipinski definition) is 5. The SMILES string of the molecule is CCOC(=O)C1(Cc2ccc(Cl)cc2)CCN(C[C@H](O)CO)CC1. The molecule has 134 valence electrons. The standard InChI is InChI=1S/C18H26ClNO4/c1-2-24-17(23)18(11-14-3-5-15(19)6-4-14)7-9-20(10-8-18)12-16(22)13-21/h3-6,16,21-22H,2,7-13H2,1H3/t16-/m0/s1. The second-order valence-corrected chi connectivity index (χ2v) is 6.88. The lowest BCUT2D eigenvalue weighted by molar-refractivity contribution is -0.158. The second kappa shape index (κ2) is 8.81. The number of likely N-dealkylation sites (tertiary alicyclic amines) is 1. The largest absolute Gasteiger partial charge is 0.466 e. The first-order chi connectivity index (χ1) is 11.5. The summed E-state index contributed by atoms with van der Waals surface area (Å²) in [5, 5.41) is 19.3. The van der Waals surface area contributed by atoms with Crippen LogP contribution in [0.4, 0.5) is 0 Å². The van der Waals surface area contributed by atoms with E-state index in [-0.39, 0.29) is 12.6 Å². The average Bonchev–Trinajstić information content (AvgIpc) is 2.59. The van der Waals surface area contributed by atoms with Gasteiger partial charge in [-0.05, 0) is 57.0 Å². The van der Waals surface area contributed by atoms with Gasteiger partial charge in [0, 0.05) is 11.6 Å². The Morgan fingerprint density at radius 1 is 1.33 bits per heavy atom. The molecule has 1 fully saturated rings. The summed E-state index contributed by atoms with van der Waals surface area (Å²) in [5.41, 5.74) is 0.529. The number of hydrogen-bond donors (Lipinski definition) is 2. The van der Waals surface area contributed by atoms with Crippen LogP contribution in [0.5, 0.6) is 0 Å². The number of aliphatic hydroxyl groups excluding tert-OH is 2. The third-order valence-corrected chi connectivity index (χ3v) is 4.91. The summed E-state index contributed by atoms with van der Waals surface area (Å²) < 4.78 is 5.35. The highest BCUT2D eigenvalue weighted by molar-refractivity contribution is 6.30. The number of rotatable bonds is 7.